The zero-order valence-corrected chi connectivity index (χ0v) is 13.0. The average molecular weight is 295 g/mol. The van der Waals surface area contributed by atoms with E-state index < -0.39 is 5.43 Å². The van der Waals surface area contributed by atoms with Crippen LogP contribution in [0.15, 0.2) is 10.9 Å². The number of hydrogen-bond donors (Lipinski definition) is 2. The quantitative estimate of drug-likeness (QED) is 0.840. The molecule has 6 nitrogen and oxygen atoms in total. The molecule has 0 aromatic carbocycles. The van der Waals surface area contributed by atoms with Crippen molar-refractivity contribution in [1.29, 1.82) is 0 Å². The molecule has 21 heavy (non-hydrogen) atoms. The lowest BCUT2D eigenvalue weighted by Crippen LogP contribution is -2.44. The molecule has 1 aromatic heterocycles. The lowest BCUT2D eigenvalue weighted by Gasteiger charge is -2.33. The molecule has 1 aromatic rings. The Morgan fingerprint density at radius 1 is 1.24 bits per heavy atom. The van der Waals surface area contributed by atoms with Gasteiger partial charge in [-0.2, -0.15) is 0 Å². The summed E-state index contributed by atoms with van der Waals surface area (Å²) >= 11 is 0. The van der Waals surface area contributed by atoms with Gasteiger partial charge in [-0.15, -0.1) is 0 Å². The van der Waals surface area contributed by atoms with Gasteiger partial charge in [0, 0.05) is 50.5 Å². The molecule has 0 saturated carbocycles. The molecule has 118 valence electrons. The van der Waals surface area contributed by atoms with E-state index in [0.717, 1.165) is 26.2 Å². The number of aliphatic hydroxyl groups is 1. The van der Waals surface area contributed by atoms with Crippen molar-refractivity contribution in [3.05, 3.63) is 27.7 Å². The van der Waals surface area contributed by atoms with Crippen LogP contribution < -0.4 is 5.43 Å². The number of nitrogens with zero attached hydrogens (tertiary/aromatic N) is 3. The van der Waals surface area contributed by atoms with Crippen molar-refractivity contribution in [2.45, 2.75) is 33.0 Å². The first-order valence-corrected chi connectivity index (χ1v) is 7.42. The molecule has 0 amide bonds. The maximum absolute atomic E-state index is 11.9. The third kappa shape index (κ3) is 3.45. The van der Waals surface area contributed by atoms with Crippen molar-refractivity contribution in [1.82, 2.24) is 14.4 Å². The van der Waals surface area contributed by atoms with E-state index in [9.17, 15) is 15.0 Å². The highest BCUT2D eigenvalue weighted by Crippen LogP contribution is 2.22. The second-order valence-electron chi connectivity index (χ2n) is 6.00. The maximum atomic E-state index is 11.9. The Balaban J connectivity index is 2.36. The van der Waals surface area contributed by atoms with E-state index in [1.165, 1.54) is 6.07 Å². The standard InChI is InChI=1S/C15H25N3O3/c1-11(2)18-12(10-19)8-14(20)15(21)13(18)9-17-6-4-16(3)5-7-17/h8,11,19,21H,4-7,9-10H2,1-3H3. The molecule has 2 heterocycles. The van der Waals surface area contributed by atoms with Crippen LogP contribution >= 0.6 is 0 Å². The predicted molar refractivity (Wildman–Crippen MR) is 81.4 cm³/mol. The van der Waals surface area contributed by atoms with Crippen LogP contribution in [-0.4, -0.2) is 57.8 Å². The van der Waals surface area contributed by atoms with Gasteiger partial charge in [0.1, 0.15) is 0 Å². The van der Waals surface area contributed by atoms with Crippen LogP contribution in [0.3, 0.4) is 0 Å². The van der Waals surface area contributed by atoms with Gasteiger partial charge in [-0.25, -0.2) is 0 Å². The molecule has 0 spiro atoms. The van der Waals surface area contributed by atoms with Crippen molar-refractivity contribution >= 4 is 0 Å². The summed E-state index contributed by atoms with van der Waals surface area (Å²) < 4.78 is 1.87. The lowest BCUT2D eigenvalue weighted by molar-refractivity contribution is 0.142. The Hall–Kier alpha value is -1.37. The summed E-state index contributed by atoms with van der Waals surface area (Å²) in [6, 6.07) is 1.39. The van der Waals surface area contributed by atoms with Crippen LogP contribution in [0.4, 0.5) is 0 Å². The van der Waals surface area contributed by atoms with Crippen molar-refractivity contribution in [3.8, 4) is 5.75 Å². The second kappa shape index (κ2) is 6.60. The minimum absolute atomic E-state index is 0.0705. The second-order valence-corrected chi connectivity index (χ2v) is 6.00. The smallest absolute Gasteiger partial charge is 0.223 e. The Labute approximate surface area is 125 Å². The monoisotopic (exact) mass is 295 g/mol. The molecular weight excluding hydrogens is 270 g/mol. The molecule has 2 rings (SSSR count). The van der Waals surface area contributed by atoms with Crippen molar-refractivity contribution in [3.63, 3.8) is 0 Å². The predicted octanol–water partition coefficient (Wildman–Crippen LogP) is 0.374. The molecule has 0 radical (unpaired) electrons. The number of piperazine rings is 1. The third-order valence-electron chi connectivity index (χ3n) is 4.05. The van der Waals surface area contributed by atoms with E-state index in [4.69, 9.17) is 0 Å². The van der Waals surface area contributed by atoms with Gasteiger partial charge in [0.05, 0.1) is 12.3 Å². The van der Waals surface area contributed by atoms with Gasteiger partial charge >= 0.3 is 0 Å². The van der Waals surface area contributed by atoms with Crippen LogP contribution in [-0.2, 0) is 13.2 Å². The van der Waals surface area contributed by atoms with Crippen molar-refractivity contribution < 1.29 is 10.2 Å². The zero-order chi connectivity index (χ0) is 15.6. The molecule has 0 aliphatic carbocycles. The van der Waals surface area contributed by atoms with Crippen LogP contribution in [0, 0.1) is 0 Å². The van der Waals surface area contributed by atoms with Crippen LogP contribution in [0.2, 0.25) is 0 Å². The largest absolute Gasteiger partial charge is 0.503 e. The van der Waals surface area contributed by atoms with Crippen molar-refractivity contribution in [2.24, 2.45) is 0 Å². The minimum Gasteiger partial charge on any atom is -0.503 e. The van der Waals surface area contributed by atoms with E-state index >= 15 is 0 Å². The van der Waals surface area contributed by atoms with Gasteiger partial charge in [0.15, 0.2) is 5.75 Å². The highest BCUT2D eigenvalue weighted by Gasteiger charge is 2.21. The Morgan fingerprint density at radius 2 is 1.86 bits per heavy atom. The molecule has 1 saturated heterocycles. The molecule has 2 N–H and O–H groups in total. The van der Waals surface area contributed by atoms with Gasteiger partial charge in [-0.1, -0.05) is 0 Å². The first-order valence-electron chi connectivity index (χ1n) is 7.42. The number of aromatic nitrogens is 1. The maximum Gasteiger partial charge on any atom is 0.223 e. The first-order chi connectivity index (χ1) is 9.93. The van der Waals surface area contributed by atoms with Crippen LogP contribution in [0.25, 0.3) is 0 Å². The normalized spacial score (nSPS) is 17.6. The molecular formula is C15H25N3O3. The lowest BCUT2D eigenvalue weighted by atomic mass is 10.2. The highest BCUT2D eigenvalue weighted by atomic mass is 16.3. The summed E-state index contributed by atoms with van der Waals surface area (Å²) in [5, 5.41) is 19.7. The SMILES string of the molecule is CC(C)n1c(CO)cc(=O)c(O)c1CN1CCN(C)CC1. The van der Waals surface area contributed by atoms with Crippen LogP contribution in [0.1, 0.15) is 31.3 Å². The molecule has 6 heteroatoms. The third-order valence-corrected chi connectivity index (χ3v) is 4.05. The van der Waals surface area contributed by atoms with Gasteiger partial charge < -0.3 is 19.7 Å². The number of aromatic hydroxyl groups is 1. The summed E-state index contributed by atoms with van der Waals surface area (Å²) in [6.45, 7) is 8.06. The minimum atomic E-state index is -0.417. The van der Waals surface area contributed by atoms with E-state index in [0.29, 0.717) is 17.9 Å². The summed E-state index contributed by atoms with van der Waals surface area (Å²) in [5.41, 5.74) is 0.739. The number of hydrogen-bond acceptors (Lipinski definition) is 5. The summed E-state index contributed by atoms with van der Waals surface area (Å²) in [6.07, 6.45) is 0. The number of rotatable bonds is 4. The molecule has 1 aliphatic rings. The molecule has 1 aliphatic heterocycles. The summed E-state index contributed by atoms with van der Waals surface area (Å²) in [5.74, 6) is -0.195. The van der Waals surface area contributed by atoms with Gasteiger partial charge in [0.25, 0.3) is 0 Å². The molecule has 0 bridgehead atoms. The Morgan fingerprint density at radius 3 is 2.38 bits per heavy atom. The Bertz CT molecular complexity index is 546. The molecule has 0 atom stereocenters. The topological polar surface area (TPSA) is 68.9 Å². The van der Waals surface area contributed by atoms with E-state index in [-0.39, 0.29) is 18.4 Å². The van der Waals surface area contributed by atoms with Gasteiger partial charge in [0.2, 0.25) is 5.43 Å². The van der Waals surface area contributed by atoms with E-state index in [2.05, 4.69) is 16.8 Å². The fourth-order valence-corrected chi connectivity index (χ4v) is 2.85. The summed E-state index contributed by atoms with van der Waals surface area (Å²) in [4.78, 5) is 16.4. The molecule has 0 unspecified atom stereocenters. The fourth-order valence-electron chi connectivity index (χ4n) is 2.85. The van der Waals surface area contributed by atoms with Crippen molar-refractivity contribution in [2.75, 3.05) is 33.2 Å². The van der Waals surface area contributed by atoms with Gasteiger partial charge in [-0.05, 0) is 20.9 Å². The number of pyridine rings is 1. The summed E-state index contributed by atoms with van der Waals surface area (Å²) in [7, 11) is 2.09. The molecule has 1 fully saturated rings. The number of aliphatic hydroxyl groups excluding tert-OH is 1. The van der Waals surface area contributed by atoms with E-state index in [1.807, 2.05) is 18.4 Å². The number of likely N-dealkylation sites (N-methyl/N-ethyl adjacent to an activating group) is 1. The van der Waals surface area contributed by atoms with Gasteiger partial charge in [-0.3, -0.25) is 9.69 Å². The first kappa shape index (κ1) is 16.0. The fraction of sp³-hybridized carbons (Fsp3) is 0.667. The zero-order valence-electron chi connectivity index (χ0n) is 13.0. The van der Waals surface area contributed by atoms with Crippen LogP contribution in [0.5, 0.6) is 5.75 Å². The van der Waals surface area contributed by atoms with E-state index in [1.54, 1.807) is 0 Å². The Kier molecular flexibility index (Phi) is 5.03. The average Bonchev–Trinajstić information content (AvgIpc) is 2.45. The highest BCUT2D eigenvalue weighted by molar-refractivity contribution is 5.30.